The third-order valence-corrected chi connectivity index (χ3v) is 4.98. The average molecular weight is 317 g/mol. The van der Waals surface area contributed by atoms with Gasteiger partial charge in [-0.05, 0) is 18.9 Å². The normalized spacial score (nSPS) is 16.4. The maximum atomic E-state index is 13.8. The van der Waals surface area contributed by atoms with Crippen molar-refractivity contribution in [2.24, 2.45) is 5.73 Å². The largest absolute Gasteiger partial charge is 0.389 e. The van der Waals surface area contributed by atoms with Gasteiger partial charge in [0.15, 0.2) is 0 Å². The molecule has 5 nitrogen and oxygen atoms in total. The topological polar surface area (TPSA) is 75.4 Å². The molecule has 1 fully saturated rings. The molecule has 0 radical (unpaired) electrons. The van der Waals surface area contributed by atoms with Gasteiger partial charge in [0.25, 0.3) is 10.2 Å². The molecular formula is C12H16FN3O2S2. The van der Waals surface area contributed by atoms with Gasteiger partial charge in [-0.1, -0.05) is 24.4 Å². The van der Waals surface area contributed by atoms with Gasteiger partial charge < -0.3 is 5.73 Å². The molecule has 0 atom stereocenters. The van der Waals surface area contributed by atoms with Crippen LogP contribution in [0.5, 0.6) is 0 Å². The quantitative estimate of drug-likeness (QED) is 0.791. The van der Waals surface area contributed by atoms with Gasteiger partial charge in [0, 0.05) is 30.8 Å². The molecule has 0 aliphatic carbocycles. The van der Waals surface area contributed by atoms with Gasteiger partial charge in [-0.25, -0.2) is 4.39 Å². The van der Waals surface area contributed by atoms with Crippen molar-refractivity contribution in [2.75, 3.05) is 13.1 Å². The van der Waals surface area contributed by atoms with E-state index in [4.69, 9.17) is 18.0 Å². The van der Waals surface area contributed by atoms with Gasteiger partial charge in [0.05, 0.1) is 0 Å². The highest BCUT2D eigenvalue weighted by atomic mass is 32.2. The number of nitrogens with one attached hydrogen (secondary N) is 1. The zero-order valence-corrected chi connectivity index (χ0v) is 12.4. The number of hydrogen-bond acceptors (Lipinski definition) is 3. The molecule has 1 aromatic carbocycles. The van der Waals surface area contributed by atoms with Crippen LogP contribution in [0.4, 0.5) is 4.39 Å². The number of nitrogens with zero attached hydrogens (tertiary/aromatic N) is 1. The van der Waals surface area contributed by atoms with Crippen molar-refractivity contribution in [1.29, 1.82) is 0 Å². The average Bonchev–Trinajstić information content (AvgIpc) is 2.91. The fourth-order valence-corrected chi connectivity index (χ4v) is 3.42. The van der Waals surface area contributed by atoms with E-state index in [1.54, 1.807) is 6.07 Å². The van der Waals surface area contributed by atoms with Crippen molar-refractivity contribution >= 4 is 27.4 Å². The van der Waals surface area contributed by atoms with E-state index in [0.717, 1.165) is 12.8 Å². The van der Waals surface area contributed by atoms with Crippen molar-refractivity contribution in [2.45, 2.75) is 19.4 Å². The van der Waals surface area contributed by atoms with Crippen molar-refractivity contribution < 1.29 is 12.8 Å². The van der Waals surface area contributed by atoms with E-state index in [9.17, 15) is 12.8 Å². The lowest BCUT2D eigenvalue weighted by molar-refractivity contribution is 0.463. The minimum Gasteiger partial charge on any atom is -0.389 e. The fraction of sp³-hybridized carbons (Fsp3) is 0.417. The molecule has 1 aromatic rings. The predicted molar refractivity (Wildman–Crippen MR) is 78.9 cm³/mol. The molecule has 1 aliphatic heterocycles. The highest BCUT2D eigenvalue weighted by Gasteiger charge is 2.24. The highest BCUT2D eigenvalue weighted by Crippen LogP contribution is 2.14. The van der Waals surface area contributed by atoms with Gasteiger partial charge in [-0.2, -0.15) is 17.4 Å². The zero-order chi connectivity index (χ0) is 14.8. The van der Waals surface area contributed by atoms with E-state index < -0.39 is 16.0 Å². The Hall–Kier alpha value is -1.09. The van der Waals surface area contributed by atoms with Crippen LogP contribution in [-0.4, -0.2) is 30.8 Å². The predicted octanol–water partition coefficient (Wildman–Crippen LogP) is 0.890. The van der Waals surface area contributed by atoms with Crippen LogP contribution in [0.25, 0.3) is 0 Å². The Morgan fingerprint density at radius 1 is 1.40 bits per heavy atom. The summed E-state index contributed by atoms with van der Waals surface area (Å²) in [5.41, 5.74) is 6.08. The fourth-order valence-electron chi connectivity index (χ4n) is 2.03. The van der Waals surface area contributed by atoms with E-state index in [1.165, 1.54) is 16.4 Å². The summed E-state index contributed by atoms with van der Waals surface area (Å²) in [5.74, 6) is -0.528. The second kappa shape index (κ2) is 6.13. The van der Waals surface area contributed by atoms with E-state index in [2.05, 4.69) is 4.72 Å². The SMILES string of the molecule is NC(=S)c1ccc(CNS(=O)(=O)N2CCCC2)c(F)c1. The van der Waals surface area contributed by atoms with E-state index >= 15 is 0 Å². The Bertz CT molecular complexity index is 613. The van der Waals surface area contributed by atoms with Crippen molar-refractivity contribution in [3.63, 3.8) is 0 Å². The summed E-state index contributed by atoms with van der Waals surface area (Å²) in [6, 6.07) is 4.27. The van der Waals surface area contributed by atoms with Crippen LogP contribution < -0.4 is 10.5 Å². The number of halogens is 1. The molecule has 20 heavy (non-hydrogen) atoms. The molecule has 1 saturated heterocycles. The Kier molecular flexibility index (Phi) is 4.69. The van der Waals surface area contributed by atoms with Crippen LogP contribution >= 0.6 is 12.2 Å². The number of benzene rings is 1. The minimum atomic E-state index is -3.54. The molecule has 0 bridgehead atoms. The first kappa shape index (κ1) is 15.3. The Morgan fingerprint density at radius 2 is 2.05 bits per heavy atom. The number of thiocarbonyl (C=S) groups is 1. The van der Waals surface area contributed by atoms with Crippen molar-refractivity contribution in [3.05, 3.63) is 35.1 Å². The van der Waals surface area contributed by atoms with Gasteiger partial charge >= 0.3 is 0 Å². The molecule has 0 spiro atoms. The molecule has 2 rings (SSSR count). The summed E-state index contributed by atoms with van der Waals surface area (Å²) in [6.07, 6.45) is 1.72. The summed E-state index contributed by atoms with van der Waals surface area (Å²) in [4.78, 5) is 0.105. The van der Waals surface area contributed by atoms with Crippen LogP contribution in [-0.2, 0) is 16.8 Å². The molecular weight excluding hydrogens is 301 g/mol. The molecule has 0 amide bonds. The number of rotatable bonds is 5. The molecule has 0 saturated carbocycles. The van der Waals surface area contributed by atoms with Gasteiger partial charge in [0.1, 0.15) is 10.8 Å². The number of hydrogen-bond donors (Lipinski definition) is 2. The first-order valence-corrected chi connectivity index (χ1v) is 8.08. The van der Waals surface area contributed by atoms with Crippen LogP contribution in [0.1, 0.15) is 24.0 Å². The zero-order valence-electron chi connectivity index (χ0n) is 10.8. The second-order valence-electron chi connectivity index (χ2n) is 4.60. The summed E-state index contributed by atoms with van der Waals surface area (Å²) in [6.45, 7) is 0.929. The van der Waals surface area contributed by atoms with Crippen molar-refractivity contribution in [3.8, 4) is 0 Å². The summed E-state index contributed by atoms with van der Waals surface area (Å²) in [5, 5.41) is 0. The lowest BCUT2D eigenvalue weighted by atomic mass is 10.1. The Morgan fingerprint density at radius 3 is 2.60 bits per heavy atom. The first-order chi connectivity index (χ1) is 9.40. The minimum absolute atomic E-state index is 0.0950. The van der Waals surface area contributed by atoms with Crippen molar-refractivity contribution in [1.82, 2.24) is 9.03 Å². The van der Waals surface area contributed by atoms with E-state index in [0.29, 0.717) is 18.7 Å². The first-order valence-electron chi connectivity index (χ1n) is 6.23. The van der Waals surface area contributed by atoms with Crippen LogP contribution in [0.2, 0.25) is 0 Å². The summed E-state index contributed by atoms with van der Waals surface area (Å²) in [7, 11) is -3.54. The molecule has 0 aromatic heterocycles. The molecule has 3 N–H and O–H groups in total. The highest BCUT2D eigenvalue weighted by molar-refractivity contribution is 7.87. The van der Waals surface area contributed by atoms with Gasteiger partial charge in [-0.15, -0.1) is 0 Å². The monoisotopic (exact) mass is 317 g/mol. The van der Waals surface area contributed by atoms with Gasteiger partial charge in [-0.3, -0.25) is 0 Å². The standard InChI is InChI=1S/C12H16FN3O2S2/c13-11-7-9(12(14)19)3-4-10(11)8-15-20(17,18)16-5-1-2-6-16/h3-4,7,15H,1-2,5-6,8H2,(H2,14,19). The molecule has 1 aliphatic rings. The molecule has 0 unspecified atom stereocenters. The third kappa shape index (κ3) is 3.51. The maximum Gasteiger partial charge on any atom is 0.279 e. The van der Waals surface area contributed by atoms with Crippen LogP contribution in [0, 0.1) is 5.82 Å². The Balaban J connectivity index is 2.05. The Labute approximate surface area is 123 Å². The number of nitrogens with two attached hydrogens (primary N) is 1. The van der Waals surface area contributed by atoms with Crippen LogP contribution in [0.3, 0.4) is 0 Å². The van der Waals surface area contributed by atoms with Crippen LogP contribution in [0.15, 0.2) is 18.2 Å². The lowest BCUT2D eigenvalue weighted by Gasteiger charge is -2.16. The summed E-state index contributed by atoms with van der Waals surface area (Å²) >= 11 is 4.75. The maximum absolute atomic E-state index is 13.8. The lowest BCUT2D eigenvalue weighted by Crippen LogP contribution is -2.38. The third-order valence-electron chi connectivity index (χ3n) is 3.19. The second-order valence-corrected chi connectivity index (χ2v) is 6.80. The smallest absolute Gasteiger partial charge is 0.279 e. The van der Waals surface area contributed by atoms with Gasteiger partial charge in [0.2, 0.25) is 0 Å². The molecule has 110 valence electrons. The van der Waals surface area contributed by atoms with E-state index in [-0.39, 0.29) is 17.1 Å². The van der Waals surface area contributed by atoms with E-state index in [1.807, 2.05) is 0 Å². The summed E-state index contributed by atoms with van der Waals surface area (Å²) < 4.78 is 41.5. The molecule has 1 heterocycles. The molecule has 8 heteroatoms.